The van der Waals surface area contributed by atoms with Crippen LogP contribution in [-0.4, -0.2) is 24.6 Å². The smallest absolute Gasteiger partial charge is 0.329 e. The summed E-state index contributed by atoms with van der Waals surface area (Å²) < 4.78 is 1.10. The zero-order valence-corrected chi connectivity index (χ0v) is 11.5. The Hall–Kier alpha value is -2.67. The molecule has 2 aromatic heterocycles. The molecular formula is C13H9ClN4O3. The van der Waals surface area contributed by atoms with Crippen molar-refractivity contribution in [1.29, 1.82) is 0 Å². The number of hydrogen-bond acceptors (Lipinski definition) is 5. The first-order valence-corrected chi connectivity index (χ1v) is 6.31. The maximum atomic E-state index is 11.8. The monoisotopic (exact) mass is 304 g/mol. The Labute approximate surface area is 122 Å². The van der Waals surface area contributed by atoms with Crippen molar-refractivity contribution in [2.45, 2.75) is 0 Å². The minimum atomic E-state index is -0.663. The summed E-state index contributed by atoms with van der Waals surface area (Å²) >= 11 is 5.90. The molecule has 0 saturated carbocycles. The summed E-state index contributed by atoms with van der Waals surface area (Å²) in [7, 11) is 1.42. The predicted molar refractivity (Wildman–Crippen MR) is 77.5 cm³/mol. The lowest BCUT2D eigenvalue weighted by Gasteiger charge is -2.07. The zero-order valence-electron chi connectivity index (χ0n) is 10.8. The minimum absolute atomic E-state index is 0.00651. The maximum Gasteiger partial charge on any atom is 0.329 e. The topological polar surface area (TPSA) is 101 Å². The van der Waals surface area contributed by atoms with Gasteiger partial charge in [0, 0.05) is 17.6 Å². The Morgan fingerprint density at radius 2 is 2.05 bits per heavy atom. The van der Waals surface area contributed by atoms with Gasteiger partial charge in [0.05, 0.1) is 0 Å². The van der Waals surface area contributed by atoms with Crippen LogP contribution in [0.1, 0.15) is 0 Å². The third-order valence-electron chi connectivity index (χ3n) is 3.01. The summed E-state index contributed by atoms with van der Waals surface area (Å²) in [5.41, 5.74) is -0.686. The molecule has 7 nitrogen and oxygen atoms in total. The van der Waals surface area contributed by atoms with E-state index < -0.39 is 11.2 Å². The highest BCUT2D eigenvalue weighted by atomic mass is 35.5. The first kappa shape index (κ1) is 13.3. The predicted octanol–water partition coefficient (Wildman–Crippen LogP) is 1.04. The van der Waals surface area contributed by atoms with Gasteiger partial charge in [0.25, 0.3) is 5.56 Å². The van der Waals surface area contributed by atoms with Crippen LogP contribution < -0.4 is 11.2 Å². The molecule has 0 fully saturated rings. The van der Waals surface area contributed by atoms with Crippen LogP contribution in [0.3, 0.4) is 0 Å². The summed E-state index contributed by atoms with van der Waals surface area (Å²) in [6.07, 6.45) is 0. The highest BCUT2D eigenvalue weighted by molar-refractivity contribution is 6.30. The molecule has 0 aliphatic rings. The Morgan fingerprint density at radius 3 is 2.76 bits per heavy atom. The van der Waals surface area contributed by atoms with E-state index in [9.17, 15) is 14.7 Å². The molecule has 21 heavy (non-hydrogen) atoms. The van der Waals surface area contributed by atoms with Gasteiger partial charge in [-0.2, -0.15) is 4.98 Å². The second-order valence-corrected chi connectivity index (χ2v) is 4.83. The SMILES string of the molecule is Cn1c(=O)[nH]c(=O)c2nc(-c3cccc(Cl)c3)c(O)nc21. The highest BCUT2D eigenvalue weighted by Gasteiger charge is 2.15. The molecule has 3 rings (SSSR count). The van der Waals surface area contributed by atoms with Crippen LogP contribution in [0.25, 0.3) is 22.4 Å². The fraction of sp³-hybridized carbons (Fsp3) is 0.0769. The van der Waals surface area contributed by atoms with Crippen molar-refractivity contribution in [3.8, 4) is 17.1 Å². The number of H-pyrrole nitrogens is 1. The summed E-state index contributed by atoms with van der Waals surface area (Å²) in [6.45, 7) is 0. The van der Waals surface area contributed by atoms with Gasteiger partial charge in [-0.05, 0) is 12.1 Å². The number of hydrogen-bond donors (Lipinski definition) is 2. The van der Waals surface area contributed by atoms with Gasteiger partial charge >= 0.3 is 5.69 Å². The second-order valence-electron chi connectivity index (χ2n) is 4.40. The molecule has 0 saturated heterocycles. The van der Waals surface area contributed by atoms with E-state index in [1.165, 1.54) is 7.05 Å². The molecule has 3 aromatic rings. The molecule has 8 heteroatoms. The van der Waals surface area contributed by atoms with Gasteiger partial charge < -0.3 is 5.11 Å². The molecule has 0 aliphatic carbocycles. The second kappa shape index (κ2) is 4.71. The van der Waals surface area contributed by atoms with Gasteiger partial charge in [0.1, 0.15) is 5.69 Å². The number of aromatic hydroxyl groups is 1. The third kappa shape index (κ3) is 2.17. The average molecular weight is 305 g/mol. The number of aromatic nitrogens is 4. The van der Waals surface area contributed by atoms with Crippen LogP contribution in [0.4, 0.5) is 0 Å². The van der Waals surface area contributed by atoms with Crippen LogP contribution >= 0.6 is 11.6 Å². The highest BCUT2D eigenvalue weighted by Crippen LogP contribution is 2.28. The average Bonchev–Trinajstić information content (AvgIpc) is 2.44. The number of aryl methyl sites for hydroxylation is 1. The van der Waals surface area contributed by atoms with Gasteiger partial charge in [-0.1, -0.05) is 23.7 Å². The molecule has 0 radical (unpaired) electrons. The van der Waals surface area contributed by atoms with Crippen LogP contribution in [0.15, 0.2) is 33.9 Å². The molecule has 0 unspecified atom stereocenters. The number of benzene rings is 1. The molecule has 0 aliphatic heterocycles. The lowest BCUT2D eigenvalue weighted by molar-refractivity contribution is 0.454. The summed E-state index contributed by atoms with van der Waals surface area (Å²) in [6, 6.07) is 6.63. The number of rotatable bonds is 1. The van der Waals surface area contributed by atoms with E-state index in [1.807, 2.05) is 0 Å². The van der Waals surface area contributed by atoms with Gasteiger partial charge in [-0.3, -0.25) is 14.3 Å². The Morgan fingerprint density at radius 1 is 1.29 bits per heavy atom. The number of halogens is 1. The fourth-order valence-electron chi connectivity index (χ4n) is 1.97. The Balaban J connectivity index is 2.39. The van der Waals surface area contributed by atoms with Crippen molar-refractivity contribution >= 4 is 22.8 Å². The first-order chi connectivity index (χ1) is 9.97. The van der Waals surface area contributed by atoms with Crippen molar-refractivity contribution in [2.24, 2.45) is 7.05 Å². The van der Waals surface area contributed by atoms with E-state index in [4.69, 9.17) is 11.6 Å². The molecule has 2 heterocycles. The van der Waals surface area contributed by atoms with Crippen molar-refractivity contribution in [3.05, 3.63) is 50.1 Å². The number of fused-ring (bicyclic) bond motifs is 1. The van der Waals surface area contributed by atoms with Gasteiger partial charge in [-0.25, -0.2) is 9.78 Å². The van der Waals surface area contributed by atoms with Crippen LogP contribution in [0.5, 0.6) is 5.88 Å². The third-order valence-corrected chi connectivity index (χ3v) is 3.25. The van der Waals surface area contributed by atoms with Crippen LogP contribution in [0.2, 0.25) is 5.02 Å². The van der Waals surface area contributed by atoms with Crippen LogP contribution in [-0.2, 0) is 7.05 Å². The Bertz CT molecular complexity index is 977. The molecule has 0 bridgehead atoms. The van der Waals surface area contributed by atoms with Gasteiger partial charge in [0.15, 0.2) is 11.2 Å². The minimum Gasteiger partial charge on any atom is -0.492 e. The molecule has 0 atom stereocenters. The van der Waals surface area contributed by atoms with E-state index in [-0.39, 0.29) is 22.7 Å². The Kier molecular flexibility index (Phi) is 2.99. The standard InChI is InChI=1S/C13H9ClN4O3/c1-18-10-9(12(20)17-13(18)21)15-8(11(19)16-10)6-3-2-4-7(14)5-6/h2-5H,1H3,(H,16,19)(H,17,20,21). The normalized spacial score (nSPS) is 11.0. The van der Waals surface area contributed by atoms with Gasteiger partial charge in [0.2, 0.25) is 5.88 Å². The van der Waals surface area contributed by atoms with E-state index >= 15 is 0 Å². The van der Waals surface area contributed by atoms with Crippen molar-refractivity contribution in [1.82, 2.24) is 19.5 Å². The number of nitrogens with one attached hydrogen (secondary N) is 1. The molecule has 1 aromatic carbocycles. The lowest BCUT2D eigenvalue weighted by Crippen LogP contribution is -2.29. The van der Waals surface area contributed by atoms with E-state index in [1.54, 1.807) is 24.3 Å². The van der Waals surface area contributed by atoms with Crippen LogP contribution in [0, 0.1) is 0 Å². The largest absolute Gasteiger partial charge is 0.492 e. The molecular weight excluding hydrogens is 296 g/mol. The fourth-order valence-corrected chi connectivity index (χ4v) is 2.16. The lowest BCUT2D eigenvalue weighted by atomic mass is 10.1. The summed E-state index contributed by atoms with van der Waals surface area (Å²) in [4.78, 5) is 33.5. The van der Waals surface area contributed by atoms with Gasteiger partial charge in [-0.15, -0.1) is 0 Å². The van der Waals surface area contributed by atoms with Crippen molar-refractivity contribution in [2.75, 3.05) is 0 Å². The quantitative estimate of drug-likeness (QED) is 0.699. The summed E-state index contributed by atoms with van der Waals surface area (Å²) in [5, 5.41) is 10.5. The summed E-state index contributed by atoms with van der Waals surface area (Å²) in [5.74, 6) is -0.384. The first-order valence-electron chi connectivity index (χ1n) is 5.93. The number of nitrogens with zero attached hydrogens (tertiary/aromatic N) is 3. The number of aromatic amines is 1. The molecule has 0 spiro atoms. The zero-order chi connectivity index (χ0) is 15.1. The molecule has 2 N–H and O–H groups in total. The van der Waals surface area contributed by atoms with E-state index in [0.29, 0.717) is 10.6 Å². The molecule has 106 valence electrons. The van der Waals surface area contributed by atoms with E-state index in [2.05, 4.69) is 15.0 Å². The maximum absolute atomic E-state index is 11.8. The molecule has 0 amide bonds. The van der Waals surface area contributed by atoms with Crippen molar-refractivity contribution in [3.63, 3.8) is 0 Å². The van der Waals surface area contributed by atoms with E-state index in [0.717, 1.165) is 4.57 Å². The van der Waals surface area contributed by atoms with Crippen molar-refractivity contribution < 1.29 is 5.11 Å².